The number of hydrogen-bond acceptors (Lipinski definition) is 4. The molecule has 128 valence electrons. The van der Waals surface area contributed by atoms with E-state index in [0.29, 0.717) is 11.5 Å². The van der Waals surface area contributed by atoms with Gasteiger partial charge in [-0.05, 0) is 24.0 Å². The Morgan fingerprint density at radius 1 is 1.21 bits per heavy atom. The summed E-state index contributed by atoms with van der Waals surface area (Å²) in [4.78, 5) is 36.3. The van der Waals surface area contributed by atoms with Crippen LogP contribution in [0.5, 0.6) is 0 Å². The average Bonchev–Trinajstić information content (AvgIpc) is 2.77. The molecule has 2 N–H and O–H groups in total. The van der Waals surface area contributed by atoms with Crippen LogP contribution in [0.1, 0.15) is 50.3 Å². The van der Waals surface area contributed by atoms with Gasteiger partial charge in [-0.1, -0.05) is 38.1 Å². The number of carbonyl (C=O) groups excluding carboxylic acids is 2. The third kappa shape index (κ3) is 3.32. The highest BCUT2D eigenvalue weighted by atomic mass is 16.4. The predicted octanol–water partition coefficient (Wildman–Crippen LogP) is 2.57. The van der Waals surface area contributed by atoms with Gasteiger partial charge in [0.2, 0.25) is 0 Å². The number of carboxylic acid groups (broad SMARTS) is 1. The summed E-state index contributed by atoms with van der Waals surface area (Å²) >= 11 is 0. The molecule has 2 rings (SSSR count). The number of rotatable bonds is 6. The lowest BCUT2D eigenvalue weighted by Gasteiger charge is -2.26. The maximum Gasteiger partial charge on any atom is 0.305 e. The number of nitrogens with zero attached hydrogens (tertiary/aromatic N) is 1. The largest absolute Gasteiger partial charge is 0.503 e. The molecule has 6 nitrogen and oxygen atoms in total. The number of aliphatic hydroxyl groups excluding tert-OH is 1. The summed E-state index contributed by atoms with van der Waals surface area (Å²) in [6, 6.07) is 6.68. The SMILES string of the molecule is CC(=O)C1=C(O)C(=O)N(CCC(=O)O)C1c1ccc(C(C)C)cc1. The molecular weight excluding hydrogens is 310 g/mol. The van der Waals surface area contributed by atoms with E-state index < -0.39 is 29.5 Å². The molecular formula is C18H21NO5. The number of aliphatic carboxylic acids is 1. The normalized spacial score (nSPS) is 17.8. The van der Waals surface area contributed by atoms with Crippen LogP contribution in [0, 0.1) is 0 Å². The number of Topliss-reactive ketones (excluding diaryl/α,β-unsaturated/α-hetero) is 1. The minimum Gasteiger partial charge on any atom is -0.503 e. The molecule has 0 aliphatic carbocycles. The average molecular weight is 331 g/mol. The Morgan fingerprint density at radius 2 is 1.79 bits per heavy atom. The lowest BCUT2D eigenvalue weighted by molar-refractivity contribution is -0.138. The van der Waals surface area contributed by atoms with Gasteiger partial charge < -0.3 is 15.1 Å². The number of carboxylic acids is 1. The molecule has 1 unspecified atom stereocenters. The van der Waals surface area contributed by atoms with Crippen molar-refractivity contribution in [1.82, 2.24) is 4.90 Å². The molecule has 0 saturated carbocycles. The van der Waals surface area contributed by atoms with Gasteiger partial charge in [0.05, 0.1) is 18.0 Å². The van der Waals surface area contributed by atoms with Crippen molar-refractivity contribution in [2.45, 2.75) is 39.2 Å². The Bertz CT molecular complexity index is 703. The Hall–Kier alpha value is -2.63. The van der Waals surface area contributed by atoms with Crippen LogP contribution in [0.25, 0.3) is 0 Å². The van der Waals surface area contributed by atoms with Crippen LogP contribution in [0.15, 0.2) is 35.6 Å². The molecule has 1 atom stereocenters. The zero-order chi connectivity index (χ0) is 18.0. The van der Waals surface area contributed by atoms with Crippen molar-refractivity contribution in [3.63, 3.8) is 0 Å². The molecule has 1 aliphatic heterocycles. The van der Waals surface area contributed by atoms with Crippen molar-refractivity contribution in [3.8, 4) is 0 Å². The topological polar surface area (TPSA) is 94.9 Å². The van der Waals surface area contributed by atoms with Crippen LogP contribution in [-0.2, 0) is 14.4 Å². The summed E-state index contributed by atoms with van der Waals surface area (Å²) in [5, 5.41) is 18.9. The van der Waals surface area contributed by atoms with Gasteiger partial charge in [0, 0.05) is 6.54 Å². The molecule has 0 fully saturated rings. The summed E-state index contributed by atoms with van der Waals surface area (Å²) in [5.41, 5.74) is 1.80. The first-order chi connectivity index (χ1) is 11.2. The molecule has 24 heavy (non-hydrogen) atoms. The van der Waals surface area contributed by atoms with E-state index in [-0.39, 0.29) is 18.5 Å². The number of hydrogen-bond donors (Lipinski definition) is 2. The standard InChI is InChI=1S/C18H21NO5/c1-10(2)12-4-6-13(7-5-12)16-15(11(3)20)17(23)18(24)19(16)9-8-14(21)22/h4-7,10,16,23H,8-9H2,1-3H3,(H,21,22). The van der Waals surface area contributed by atoms with E-state index in [1.165, 1.54) is 11.8 Å². The number of carbonyl (C=O) groups is 3. The second kappa shape index (κ2) is 6.86. The maximum atomic E-state index is 12.3. The lowest BCUT2D eigenvalue weighted by atomic mass is 9.94. The van der Waals surface area contributed by atoms with E-state index >= 15 is 0 Å². The van der Waals surface area contributed by atoms with Crippen molar-refractivity contribution in [2.75, 3.05) is 6.54 Å². The van der Waals surface area contributed by atoms with Crippen LogP contribution < -0.4 is 0 Å². The highest BCUT2D eigenvalue weighted by molar-refractivity contribution is 6.08. The van der Waals surface area contributed by atoms with E-state index in [1.807, 2.05) is 24.3 Å². The monoisotopic (exact) mass is 331 g/mol. The summed E-state index contributed by atoms with van der Waals surface area (Å²) < 4.78 is 0. The van der Waals surface area contributed by atoms with E-state index in [0.717, 1.165) is 5.56 Å². The second-order valence-corrected chi connectivity index (χ2v) is 6.18. The third-order valence-electron chi connectivity index (χ3n) is 4.17. The fourth-order valence-corrected chi connectivity index (χ4v) is 2.87. The molecule has 1 aromatic carbocycles. The number of amides is 1. The quantitative estimate of drug-likeness (QED) is 0.835. The van der Waals surface area contributed by atoms with Crippen molar-refractivity contribution < 1.29 is 24.6 Å². The first-order valence-corrected chi connectivity index (χ1v) is 7.80. The fourth-order valence-electron chi connectivity index (χ4n) is 2.87. The summed E-state index contributed by atoms with van der Waals surface area (Å²) in [7, 11) is 0. The number of aliphatic hydroxyl groups is 1. The first-order valence-electron chi connectivity index (χ1n) is 7.80. The maximum absolute atomic E-state index is 12.3. The number of benzene rings is 1. The van der Waals surface area contributed by atoms with E-state index in [1.54, 1.807) is 0 Å². The molecule has 0 aromatic heterocycles. The van der Waals surface area contributed by atoms with Crippen LogP contribution in [0.3, 0.4) is 0 Å². The molecule has 0 bridgehead atoms. The number of ketones is 1. The molecule has 0 radical (unpaired) electrons. The first kappa shape index (κ1) is 17.7. The Labute approximate surface area is 140 Å². The molecule has 1 heterocycles. The van der Waals surface area contributed by atoms with Crippen molar-refractivity contribution >= 4 is 17.7 Å². The zero-order valence-corrected chi connectivity index (χ0v) is 13.9. The molecule has 1 aliphatic rings. The Morgan fingerprint density at radius 3 is 2.25 bits per heavy atom. The van der Waals surface area contributed by atoms with E-state index in [9.17, 15) is 19.5 Å². The second-order valence-electron chi connectivity index (χ2n) is 6.18. The molecule has 1 amide bonds. The van der Waals surface area contributed by atoms with Gasteiger partial charge in [-0.25, -0.2) is 0 Å². The molecule has 1 aromatic rings. The minimum absolute atomic E-state index is 0.0164. The van der Waals surface area contributed by atoms with E-state index in [2.05, 4.69) is 13.8 Å². The van der Waals surface area contributed by atoms with E-state index in [4.69, 9.17) is 5.11 Å². The van der Waals surface area contributed by atoms with Gasteiger partial charge in [-0.2, -0.15) is 0 Å². The summed E-state index contributed by atoms with van der Waals surface area (Å²) in [6.07, 6.45) is -0.259. The van der Waals surface area contributed by atoms with Gasteiger partial charge in [0.25, 0.3) is 5.91 Å². The van der Waals surface area contributed by atoms with Crippen LogP contribution in [0.4, 0.5) is 0 Å². The fraction of sp³-hybridized carbons (Fsp3) is 0.389. The van der Waals surface area contributed by atoms with Gasteiger partial charge in [0.15, 0.2) is 11.5 Å². The minimum atomic E-state index is -1.05. The predicted molar refractivity (Wildman–Crippen MR) is 87.6 cm³/mol. The molecule has 0 saturated heterocycles. The van der Waals surface area contributed by atoms with Gasteiger partial charge in [-0.3, -0.25) is 14.4 Å². The van der Waals surface area contributed by atoms with Crippen molar-refractivity contribution in [3.05, 3.63) is 46.7 Å². The van der Waals surface area contributed by atoms with Crippen LogP contribution in [0.2, 0.25) is 0 Å². The summed E-state index contributed by atoms with van der Waals surface area (Å²) in [6.45, 7) is 5.32. The molecule has 6 heteroatoms. The van der Waals surface area contributed by atoms with Crippen molar-refractivity contribution in [2.24, 2.45) is 0 Å². The zero-order valence-electron chi connectivity index (χ0n) is 13.9. The Balaban J connectivity index is 2.44. The highest BCUT2D eigenvalue weighted by Crippen LogP contribution is 2.38. The smallest absolute Gasteiger partial charge is 0.305 e. The highest BCUT2D eigenvalue weighted by Gasteiger charge is 2.42. The van der Waals surface area contributed by atoms with Gasteiger partial charge >= 0.3 is 5.97 Å². The molecule has 0 spiro atoms. The van der Waals surface area contributed by atoms with Crippen LogP contribution in [-0.4, -0.2) is 39.3 Å². The van der Waals surface area contributed by atoms with Gasteiger partial charge in [0.1, 0.15) is 0 Å². The van der Waals surface area contributed by atoms with Crippen LogP contribution >= 0.6 is 0 Å². The summed E-state index contributed by atoms with van der Waals surface area (Å²) in [5.74, 6) is -2.42. The lowest BCUT2D eigenvalue weighted by Crippen LogP contribution is -2.33. The van der Waals surface area contributed by atoms with Gasteiger partial charge in [-0.15, -0.1) is 0 Å². The third-order valence-corrected chi connectivity index (χ3v) is 4.17. The van der Waals surface area contributed by atoms with Crippen molar-refractivity contribution in [1.29, 1.82) is 0 Å². The Kier molecular flexibility index (Phi) is 5.07.